The van der Waals surface area contributed by atoms with Gasteiger partial charge in [-0.2, -0.15) is 0 Å². The van der Waals surface area contributed by atoms with Gasteiger partial charge in [-0.05, 0) is 27.7 Å². The molecule has 0 unspecified atom stereocenters. The molecule has 0 radical (unpaired) electrons. The van der Waals surface area contributed by atoms with Crippen molar-refractivity contribution in [3.8, 4) is 0 Å². The van der Waals surface area contributed by atoms with E-state index in [4.69, 9.17) is 4.74 Å². The summed E-state index contributed by atoms with van der Waals surface area (Å²) in [5.74, 6) is 0. The second-order valence-electron chi connectivity index (χ2n) is 8.86. The quantitative estimate of drug-likeness (QED) is 0.663. The fraction of sp³-hybridized carbons (Fsp3) is 0.857. The van der Waals surface area contributed by atoms with E-state index in [1.54, 1.807) is 0 Å². The third-order valence-electron chi connectivity index (χ3n) is 6.60. The third-order valence-corrected chi connectivity index (χ3v) is 6.60. The van der Waals surface area contributed by atoms with E-state index in [2.05, 4.69) is 48.5 Å². The Labute approximate surface area is 165 Å². The summed E-state index contributed by atoms with van der Waals surface area (Å²) in [6.07, 6.45) is 4.00. The minimum atomic E-state index is -0.242. The van der Waals surface area contributed by atoms with Crippen molar-refractivity contribution in [1.29, 1.82) is 0 Å². The molecule has 1 amide bonds. The van der Waals surface area contributed by atoms with Crippen molar-refractivity contribution in [2.75, 3.05) is 65.4 Å². The van der Waals surface area contributed by atoms with E-state index in [1.165, 1.54) is 5.57 Å². The molecule has 0 aromatic carbocycles. The summed E-state index contributed by atoms with van der Waals surface area (Å²) in [6, 6.07) is 0.628. The molecule has 3 aliphatic rings. The van der Waals surface area contributed by atoms with Gasteiger partial charge in [-0.3, -0.25) is 14.7 Å². The minimum Gasteiger partial charge on any atom is -0.441 e. The number of piperazine rings is 1. The second kappa shape index (κ2) is 8.93. The van der Waals surface area contributed by atoms with Gasteiger partial charge < -0.3 is 9.64 Å². The van der Waals surface area contributed by atoms with Gasteiger partial charge in [0.05, 0.1) is 6.54 Å². The summed E-state index contributed by atoms with van der Waals surface area (Å²) in [6.45, 7) is 18.9. The van der Waals surface area contributed by atoms with E-state index in [9.17, 15) is 4.79 Å². The van der Waals surface area contributed by atoms with Crippen LogP contribution in [0.2, 0.25) is 0 Å². The highest BCUT2D eigenvalue weighted by atomic mass is 16.6. The molecule has 0 saturated carbocycles. The lowest BCUT2D eigenvalue weighted by atomic mass is 9.91. The maximum Gasteiger partial charge on any atom is 0.410 e. The molecule has 3 heterocycles. The molecule has 0 aromatic rings. The summed E-state index contributed by atoms with van der Waals surface area (Å²) in [5, 5.41) is 0. The molecule has 0 aromatic heterocycles. The number of hydrogen-bond acceptors (Lipinski definition) is 5. The van der Waals surface area contributed by atoms with E-state index >= 15 is 0 Å². The lowest BCUT2D eigenvalue weighted by Gasteiger charge is -2.38. The van der Waals surface area contributed by atoms with Crippen LogP contribution in [0.3, 0.4) is 0 Å². The molecule has 0 bridgehead atoms. The van der Waals surface area contributed by atoms with Crippen LogP contribution in [0.5, 0.6) is 0 Å². The third kappa shape index (κ3) is 5.24. The Morgan fingerprint density at radius 3 is 2.33 bits per heavy atom. The Hall–Kier alpha value is -1.11. The van der Waals surface area contributed by atoms with Crippen molar-refractivity contribution in [1.82, 2.24) is 19.6 Å². The molecule has 0 atom stereocenters. The van der Waals surface area contributed by atoms with Crippen LogP contribution in [0.1, 0.15) is 40.5 Å². The summed E-state index contributed by atoms with van der Waals surface area (Å²) in [7, 11) is 0. The van der Waals surface area contributed by atoms with Crippen LogP contribution in [0.15, 0.2) is 11.6 Å². The summed E-state index contributed by atoms with van der Waals surface area (Å²) in [4.78, 5) is 21.9. The molecule has 0 aliphatic carbocycles. The number of likely N-dealkylation sites (tertiary alicyclic amines) is 1. The Morgan fingerprint density at radius 2 is 1.74 bits per heavy atom. The highest BCUT2D eigenvalue weighted by Gasteiger charge is 2.46. The largest absolute Gasteiger partial charge is 0.441 e. The number of ether oxygens (including phenoxy) is 1. The zero-order valence-corrected chi connectivity index (χ0v) is 17.7. The Bertz CT molecular complexity index is 532. The maximum atomic E-state index is 12.4. The molecule has 1 spiro atoms. The zero-order chi connectivity index (χ0) is 19.4. The zero-order valence-electron chi connectivity index (χ0n) is 17.7. The standard InChI is InChI=1S/C21H38N4O2/c1-5-19(4)16-23-8-6-21(7-9-23)17-25(20(26)27-21)15-12-22-10-13-24(14-11-22)18(2)3/h5,18H,6-17H2,1-4H3. The first-order chi connectivity index (χ1) is 12.9. The van der Waals surface area contributed by atoms with Gasteiger partial charge in [0, 0.05) is 77.8 Å². The first kappa shape index (κ1) is 20.6. The van der Waals surface area contributed by atoms with E-state index in [0.717, 1.165) is 78.3 Å². The van der Waals surface area contributed by atoms with Crippen LogP contribution in [0.25, 0.3) is 0 Å². The van der Waals surface area contributed by atoms with Gasteiger partial charge in [0.25, 0.3) is 0 Å². The predicted molar refractivity (Wildman–Crippen MR) is 109 cm³/mol. The van der Waals surface area contributed by atoms with Crippen LogP contribution >= 0.6 is 0 Å². The average molecular weight is 379 g/mol. The van der Waals surface area contributed by atoms with E-state index in [1.807, 2.05) is 4.90 Å². The lowest BCUT2D eigenvalue weighted by molar-refractivity contribution is 0.00278. The van der Waals surface area contributed by atoms with Crippen molar-refractivity contribution in [2.45, 2.75) is 52.2 Å². The topological polar surface area (TPSA) is 39.3 Å². The van der Waals surface area contributed by atoms with E-state index in [-0.39, 0.29) is 11.7 Å². The molecule has 3 aliphatic heterocycles. The maximum absolute atomic E-state index is 12.4. The number of rotatable bonds is 6. The number of hydrogen-bond donors (Lipinski definition) is 0. The van der Waals surface area contributed by atoms with E-state index in [0.29, 0.717) is 6.04 Å². The molecule has 3 fully saturated rings. The van der Waals surface area contributed by atoms with Crippen LogP contribution in [0.4, 0.5) is 4.79 Å². The van der Waals surface area contributed by atoms with Crippen LogP contribution in [-0.2, 0) is 4.74 Å². The average Bonchev–Trinajstić information content (AvgIpc) is 2.97. The Balaban J connectivity index is 1.42. The summed E-state index contributed by atoms with van der Waals surface area (Å²) >= 11 is 0. The highest BCUT2D eigenvalue weighted by molar-refractivity contribution is 5.70. The Morgan fingerprint density at radius 1 is 1.07 bits per heavy atom. The molecule has 0 N–H and O–H groups in total. The van der Waals surface area contributed by atoms with Crippen molar-refractivity contribution in [2.24, 2.45) is 0 Å². The van der Waals surface area contributed by atoms with Gasteiger partial charge in [0.15, 0.2) is 0 Å². The predicted octanol–water partition coefficient (Wildman–Crippen LogP) is 2.27. The molecular weight excluding hydrogens is 340 g/mol. The fourth-order valence-electron chi connectivity index (χ4n) is 4.45. The number of allylic oxidation sites excluding steroid dienone is 1. The number of carbonyl (C=O) groups excluding carboxylic acids is 1. The first-order valence-corrected chi connectivity index (χ1v) is 10.7. The van der Waals surface area contributed by atoms with Crippen LogP contribution < -0.4 is 0 Å². The molecule has 154 valence electrons. The number of piperidine rings is 1. The Kier molecular flexibility index (Phi) is 6.82. The summed E-state index contributed by atoms with van der Waals surface area (Å²) in [5.41, 5.74) is 1.17. The van der Waals surface area contributed by atoms with Gasteiger partial charge in [-0.15, -0.1) is 0 Å². The van der Waals surface area contributed by atoms with Gasteiger partial charge in [-0.25, -0.2) is 4.79 Å². The minimum absolute atomic E-state index is 0.103. The lowest BCUT2D eigenvalue weighted by Crippen LogP contribution is -2.51. The van der Waals surface area contributed by atoms with Crippen molar-refractivity contribution in [3.63, 3.8) is 0 Å². The number of nitrogens with zero attached hydrogens (tertiary/aromatic N) is 4. The molecule has 27 heavy (non-hydrogen) atoms. The molecule has 3 rings (SSSR count). The summed E-state index contributed by atoms with van der Waals surface area (Å²) < 4.78 is 5.89. The SMILES string of the molecule is CC=C(C)CN1CCC2(CC1)CN(CCN1CCN(C(C)C)CC1)C(=O)O2. The van der Waals surface area contributed by atoms with Gasteiger partial charge in [0.1, 0.15) is 5.60 Å². The first-order valence-electron chi connectivity index (χ1n) is 10.7. The molecular formula is C21H38N4O2. The van der Waals surface area contributed by atoms with Crippen molar-refractivity contribution < 1.29 is 9.53 Å². The van der Waals surface area contributed by atoms with Crippen LogP contribution in [0, 0.1) is 0 Å². The number of carbonyl (C=O) groups is 1. The van der Waals surface area contributed by atoms with Gasteiger partial charge in [-0.1, -0.05) is 11.6 Å². The second-order valence-corrected chi connectivity index (χ2v) is 8.86. The fourth-order valence-corrected chi connectivity index (χ4v) is 4.45. The molecule has 6 nitrogen and oxygen atoms in total. The van der Waals surface area contributed by atoms with Gasteiger partial charge in [0.2, 0.25) is 0 Å². The molecule has 6 heteroatoms. The normalized spacial score (nSPS) is 25.6. The van der Waals surface area contributed by atoms with E-state index < -0.39 is 0 Å². The smallest absolute Gasteiger partial charge is 0.410 e. The molecule has 3 saturated heterocycles. The van der Waals surface area contributed by atoms with Crippen LogP contribution in [-0.4, -0.2) is 103 Å². The van der Waals surface area contributed by atoms with Crippen molar-refractivity contribution >= 4 is 6.09 Å². The van der Waals surface area contributed by atoms with Crippen molar-refractivity contribution in [3.05, 3.63) is 11.6 Å². The highest BCUT2D eigenvalue weighted by Crippen LogP contribution is 2.33. The monoisotopic (exact) mass is 378 g/mol. The number of amides is 1. The van der Waals surface area contributed by atoms with Gasteiger partial charge >= 0.3 is 6.09 Å².